The summed E-state index contributed by atoms with van der Waals surface area (Å²) < 4.78 is 30.8. The molecular formula is C24H30O6. The number of hydrogen-bond acceptors (Lipinski definition) is 6. The SMILES string of the molecule is CC1(C)O[C@H]2O[C@](CCO)(COCc3ccccc3)[C@@H](OCc3ccccc3)[C@H]2O1. The van der Waals surface area contributed by atoms with Gasteiger partial charge in [0.05, 0.1) is 19.8 Å². The van der Waals surface area contributed by atoms with Gasteiger partial charge in [0.1, 0.15) is 17.8 Å². The molecule has 0 bridgehead atoms. The zero-order valence-electron chi connectivity index (χ0n) is 17.5. The van der Waals surface area contributed by atoms with Gasteiger partial charge >= 0.3 is 0 Å². The number of benzene rings is 2. The fourth-order valence-corrected chi connectivity index (χ4v) is 4.15. The van der Waals surface area contributed by atoms with Crippen molar-refractivity contribution in [3.63, 3.8) is 0 Å². The van der Waals surface area contributed by atoms with Crippen molar-refractivity contribution in [3.05, 3.63) is 71.8 Å². The summed E-state index contributed by atoms with van der Waals surface area (Å²) in [5.74, 6) is -0.750. The maximum atomic E-state index is 9.80. The monoisotopic (exact) mass is 414 g/mol. The Bertz CT molecular complexity index is 796. The average molecular weight is 414 g/mol. The fourth-order valence-electron chi connectivity index (χ4n) is 4.15. The van der Waals surface area contributed by atoms with Crippen LogP contribution in [0.25, 0.3) is 0 Å². The van der Waals surface area contributed by atoms with Crippen LogP contribution in [0, 0.1) is 0 Å². The van der Waals surface area contributed by atoms with E-state index in [2.05, 4.69) is 0 Å². The highest BCUT2D eigenvalue weighted by Crippen LogP contribution is 2.45. The molecule has 0 radical (unpaired) electrons. The Labute approximate surface area is 177 Å². The molecule has 4 atom stereocenters. The largest absolute Gasteiger partial charge is 0.396 e. The summed E-state index contributed by atoms with van der Waals surface area (Å²) in [6, 6.07) is 19.9. The molecule has 2 saturated heterocycles. The van der Waals surface area contributed by atoms with Crippen molar-refractivity contribution in [1.82, 2.24) is 0 Å². The van der Waals surface area contributed by atoms with E-state index in [0.29, 0.717) is 19.6 Å². The van der Waals surface area contributed by atoms with Gasteiger partial charge in [0.2, 0.25) is 0 Å². The van der Waals surface area contributed by atoms with Crippen LogP contribution in [-0.4, -0.2) is 48.2 Å². The van der Waals surface area contributed by atoms with E-state index in [4.69, 9.17) is 23.7 Å². The topological polar surface area (TPSA) is 66.4 Å². The van der Waals surface area contributed by atoms with Crippen molar-refractivity contribution in [2.24, 2.45) is 0 Å². The first-order valence-corrected chi connectivity index (χ1v) is 10.4. The summed E-state index contributed by atoms with van der Waals surface area (Å²) in [6.07, 6.45) is -1.03. The van der Waals surface area contributed by atoms with E-state index in [1.165, 1.54) is 0 Å². The van der Waals surface area contributed by atoms with E-state index >= 15 is 0 Å². The number of ether oxygens (including phenoxy) is 5. The molecule has 1 N–H and O–H groups in total. The van der Waals surface area contributed by atoms with Gasteiger partial charge < -0.3 is 28.8 Å². The van der Waals surface area contributed by atoms with E-state index in [1.54, 1.807) is 0 Å². The molecule has 2 aromatic carbocycles. The van der Waals surface area contributed by atoms with Gasteiger partial charge in [0.15, 0.2) is 12.1 Å². The van der Waals surface area contributed by atoms with Crippen LogP contribution in [0.5, 0.6) is 0 Å². The second-order valence-corrected chi connectivity index (χ2v) is 8.32. The number of fused-ring (bicyclic) bond motifs is 1. The minimum Gasteiger partial charge on any atom is -0.396 e. The highest BCUT2D eigenvalue weighted by atomic mass is 16.8. The zero-order chi connectivity index (χ0) is 21.0. The molecule has 6 nitrogen and oxygen atoms in total. The Morgan fingerprint density at radius 1 is 0.867 bits per heavy atom. The molecule has 0 aliphatic carbocycles. The molecule has 0 aromatic heterocycles. The first kappa shape index (κ1) is 21.4. The lowest BCUT2D eigenvalue weighted by molar-refractivity contribution is -0.257. The molecule has 2 aliphatic heterocycles. The molecule has 162 valence electrons. The predicted octanol–water partition coefficient (Wildman–Crippen LogP) is 3.42. The van der Waals surface area contributed by atoms with E-state index in [9.17, 15) is 5.11 Å². The first-order valence-electron chi connectivity index (χ1n) is 10.4. The number of hydrogen-bond donors (Lipinski definition) is 1. The van der Waals surface area contributed by atoms with Gasteiger partial charge in [0, 0.05) is 13.0 Å². The van der Waals surface area contributed by atoms with E-state index in [0.717, 1.165) is 11.1 Å². The van der Waals surface area contributed by atoms with Gasteiger partial charge in [-0.25, -0.2) is 0 Å². The molecule has 0 unspecified atom stereocenters. The van der Waals surface area contributed by atoms with Gasteiger partial charge in [-0.1, -0.05) is 60.7 Å². The minimum absolute atomic E-state index is 0.0529. The molecule has 30 heavy (non-hydrogen) atoms. The summed E-state index contributed by atoms with van der Waals surface area (Å²) in [5.41, 5.74) is 1.27. The van der Waals surface area contributed by atoms with Crippen molar-refractivity contribution in [1.29, 1.82) is 0 Å². The van der Waals surface area contributed by atoms with Gasteiger partial charge in [-0.3, -0.25) is 0 Å². The van der Waals surface area contributed by atoms with Crippen molar-refractivity contribution in [2.45, 2.75) is 63.4 Å². The van der Waals surface area contributed by atoms with Gasteiger partial charge in [0.25, 0.3) is 0 Å². The van der Waals surface area contributed by atoms with Crippen molar-refractivity contribution < 1.29 is 28.8 Å². The summed E-state index contributed by atoms with van der Waals surface area (Å²) >= 11 is 0. The quantitative estimate of drug-likeness (QED) is 0.678. The maximum Gasteiger partial charge on any atom is 0.190 e. The van der Waals surface area contributed by atoms with Crippen LogP contribution in [0.1, 0.15) is 31.4 Å². The third-order valence-electron chi connectivity index (χ3n) is 5.52. The highest BCUT2D eigenvalue weighted by Gasteiger charge is 2.62. The molecule has 6 heteroatoms. The summed E-state index contributed by atoms with van der Waals surface area (Å²) in [6.45, 7) is 4.80. The normalized spacial score (nSPS) is 29.8. The van der Waals surface area contributed by atoms with Crippen LogP contribution in [0.15, 0.2) is 60.7 Å². The average Bonchev–Trinajstić information content (AvgIpc) is 3.17. The standard InChI is InChI=1S/C24H30O6/c1-23(2)28-20-21(27-16-19-11-7-4-8-12-19)24(13-14-25,30-22(20)29-23)17-26-15-18-9-5-3-6-10-18/h3-12,20-22,25H,13-17H2,1-2H3/t20-,21+,22+,24-/m1/s1. The van der Waals surface area contributed by atoms with Crippen molar-refractivity contribution >= 4 is 0 Å². The first-order chi connectivity index (χ1) is 14.5. The van der Waals surface area contributed by atoms with Gasteiger partial charge in [-0.2, -0.15) is 0 Å². The molecule has 2 fully saturated rings. The molecule has 4 rings (SSSR count). The van der Waals surface area contributed by atoms with Crippen LogP contribution in [0.3, 0.4) is 0 Å². The fraction of sp³-hybridized carbons (Fsp3) is 0.500. The molecule has 0 saturated carbocycles. The van der Waals surface area contributed by atoms with Crippen molar-refractivity contribution in [3.8, 4) is 0 Å². The van der Waals surface area contributed by atoms with Crippen LogP contribution >= 0.6 is 0 Å². The van der Waals surface area contributed by atoms with Crippen LogP contribution in [0.2, 0.25) is 0 Å². The molecule has 2 aliphatic rings. The molecule has 2 aromatic rings. The summed E-state index contributed by atoms with van der Waals surface area (Å²) in [4.78, 5) is 0. The smallest absolute Gasteiger partial charge is 0.190 e. The second-order valence-electron chi connectivity index (χ2n) is 8.32. The van der Waals surface area contributed by atoms with Gasteiger partial charge in [-0.15, -0.1) is 0 Å². The molecule has 0 spiro atoms. The number of aliphatic hydroxyl groups is 1. The van der Waals surface area contributed by atoms with Gasteiger partial charge in [-0.05, 0) is 25.0 Å². The molecule has 2 heterocycles. The van der Waals surface area contributed by atoms with E-state index in [1.807, 2.05) is 74.5 Å². The summed E-state index contributed by atoms with van der Waals surface area (Å²) in [7, 11) is 0. The van der Waals surface area contributed by atoms with Crippen LogP contribution < -0.4 is 0 Å². The minimum atomic E-state index is -0.857. The second kappa shape index (κ2) is 9.14. The highest BCUT2D eigenvalue weighted by molar-refractivity contribution is 5.15. The lowest BCUT2D eigenvalue weighted by Gasteiger charge is -2.36. The van der Waals surface area contributed by atoms with Crippen LogP contribution in [-0.2, 0) is 36.9 Å². The zero-order valence-corrected chi connectivity index (χ0v) is 17.5. The molecular weight excluding hydrogens is 384 g/mol. The lowest BCUT2D eigenvalue weighted by Crippen LogP contribution is -2.50. The van der Waals surface area contributed by atoms with Crippen LogP contribution in [0.4, 0.5) is 0 Å². The Balaban J connectivity index is 1.51. The number of rotatable bonds is 9. The third kappa shape index (κ3) is 4.75. The summed E-state index contributed by atoms with van der Waals surface area (Å²) in [5, 5.41) is 9.80. The molecule has 0 amide bonds. The Morgan fingerprint density at radius 2 is 1.50 bits per heavy atom. The van der Waals surface area contributed by atoms with E-state index < -0.39 is 29.9 Å². The Hall–Kier alpha value is -1.80. The predicted molar refractivity (Wildman–Crippen MR) is 110 cm³/mol. The maximum absolute atomic E-state index is 9.80. The lowest BCUT2D eigenvalue weighted by atomic mass is 9.92. The Kier molecular flexibility index (Phi) is 6.53. The van der Waals surface area contributed by atoms with Crippen molar-refractivity contribution in [2.75, 3.05) is 13.2 Å². The van der Waals surface area contributed by atoms with E-state index in [-0.39, 0.29) is 13.2 Å². The third-order valence-corrected chi connectivity index (χ3v) is 5.52. The Morgan fingerprint density at radius 3 is 2.13 bits per heavy atom. The number of aliphatic hydroxyl groups excluding tert-OH is 1.